The molecular formula is C19H28O. The highest BCUT2D eigenvalue weighted by Crippen LogP contribution is 2.62. The van der Waals surface area contributed by atoms with Gasteiger partial charge in [-0.15, -0.1) is 0 Å². The van der Waals surface area contributed by atoms with Crippen LogP contribution >= 0.6 is 0 Å². The Hall–Kier alpha value is -0.560. The summed E-state index contributed by atoms with van der Waals surface area (Å²) in [4.78, 5) is 0. The molecule has 0 saturated heterocycles. The minimum atomic E-state index is -0.203. The number of hydrogen-bond acceptors (Lipinski definition) is 1. The lowest BCUT2D eigenvalue weighted by atomic mass is 9.51. The SMILES string of the molecule is C[C@]12CC=C3[C@@H](CC[C@@H]4CC(O)C=C[C@]34C)[C@@H]1CCC2. The van der Waals surface area contributed by atoms with Crippen LogP contribution in [-0.2, 0) is 0 Å². The van der Waals surface area contributed by atoms with Gasteiger partial charge in [0.05, 0.1) is 6.10 Å². The van der Waals surface area contributed by atoms with E-state index in [4.69, 9.17) is 0 Å². The van der Waals surface area contributed by atoms with Crippen molar-refractivity contribution in [1.29, 1.82) is 0 Å². The van der Waals surface area contributed by atoms with E-state index in [-0.39, 0.29) is 11.5 Å². The monoisotopic (exact) mass is 272 g/mol. The van der Waals surface area contributed by atoms with E-state index in [0.29, 0.717) is 11.3 Å². The van der Waals surface area contributed by atoms with E-state index in [2.05, 4.69) is 32.1 Å². The molecule has 20 heavy (non-hydrogen) atoms. The molecule has 0 aromatic heterocycles. The van der Waals surface area contributed by atoms with Crippen molar-refractivity contribution in [2.24, 2.45) is 28.6 Å². The molecule has 0 bridgehead atoms. The number of rotatable bonds is 0. The van der Waals surface area contributed by atoms with E-state index in [1.165, 1.54) is 38.5 Å². The third-order valence-corrected chi connectivity index (χ3v) is 7.32. The molecule has 1 N–H and O–H groups in total. The zero-order chi connectivity index (χ0) is 14.0. The minimum absolute atomic E-state index is 0.203. The van der Waals surface area contributed by atoms with Crippen molar-refractivity contribution in [2.75, 3.05) is 0 Å². The van der Waals surface area contributed by atoms with Crippen LogP contribution in [0.4, 0.5) is 0 Å². The molecule has 0 aromatic carbocycles. The summed E-state index contributed by atoms with van der Waals surface area (Å²) in [6.07, 6.45) is 16.1. The molecule has 2 fully saturated rings. The van der Waals surface area contributed by atoms with Gasteiger partial charge in [-0.1, -0.05) is 44.1 Å². The molecule has 0 radical (unpaired) electrons. The molecule has 0 heterocycles. The lowest BCUT2D eigenvalue weighted by molar-refractivity contribution is 0.0598. The number of hydrogen-bond donors (Lipinski definition) is 1. The molecule has 1 heteroatoms. The van der Waals surface area contributed by atoms with Crippen molar-refractivity contribution < 1.29 is 5.11 Å². The molecule has 1 unspecified atom stereocenters. The van der Waals surface area contributed by atoms with Crippen molar-refractivity contribution in [3.63, 3.8) is 0 Å². The molecule has 6 atom stereocenters. The summed E-state index contributed by atoms with van der Waals surface area (Å²) < 4.78 is 0. The van der Waals surface area contributed by atoms with Gasteiger partial charge in [0, 0.05) is 5.41 Å². The van der Waals surface area contributed by atoms with Crippen molar-refractivity contribution in [3.05, 3.63) is 23.8 Å². The van der Waals surface area contributed by atoms with Gasteiger partial charge in [0.25, 0.3) is 0 Å². The summed E-state index contributed by atoms with van der Waals surface area (Å²) in [5, 5.41) is 9.94. The maximum Gasteiger partial charge on any atom is 0.0724 e. The van der Waals surface area contributed by atoms with E-state index in [1.807, 2.05) is 0 Å². The lowest BCUT2D eigenvalue weighted by Crippen LogP contribution is -2.45. The third-order valence-electron chi connectivity index (χ3n) is 7.32. The van der Waals surface area contributed by atoms with Crippen LogP contribution in [0.15, 0.2) is 23.8 Å². The van der Waals surface area contributed by atoms with Gasteiger partial charge in [-0.3, -0.25) is 0 Å². The Labute approximate surface area is 123 Å². The van der Waals surface area contributed by atoms with E-state index < -0.39 is 0 Å². The average molecular weight is 272 g/mol. The molecular weight excluding hydrogens is 244 g/mol. The Morgan fingerprint density at radius 1 is 1.20 bits per heavy atom. The first-order valence-corrected chi connectivity index (χ1v) is 8.61. The van der Waals surface area contributed by atoms with Gasteiger partial charge in [-0.2, -0.15) is 0 Å². The number of aliphatic hydroxyl groups excluding tert-OH is 1. The lowest BCUT2D eigenvalue weighted by Gasteiger charge is -2.54. The maximum absolute atomic E-state index is 9.94. The van der Waals surface area contributed by atoms with Crippen LogP contribution in [0.5, 0.6) is 0 Å². The van der Waals surface area contributed by atoms with Crippen LogP contribution in [0, 0.1) is 28.6 Å². The fourth-order valence-corrected chi connectivity index (χ4v) is 6.08. The Bertz CT molecular complexity index is 476. The van der Waals surface area contributed by atoms with Gasteiger partial charge >= 0.3 is 0 Å². The molecule has 4 aliphatic carbocycles. The van der Waals surface area contributed by atoms with Gasteiger partial charge in [0.15, 0.2) is 0 Å². The first-order chi connectivity index (χ1) is 9.53. The van der Waals surface area contributed by atoms with Crippen LogP contribution in [0.2, 0.25) is 0 Å². The van der Waals surface area contributed by atoms with Crippen molar-refractivity contribution in [2.45, 2.75) is 64.9 Å². The maximum atomic E-state index is 9.94. The molecule has 0 spiro atoms. The molecule has 1 nitrogen and oxygen atoms in total. The van der Waals surface area contributed by atoms with Gasteiger partial charge in [-0.05, 0) is 61.7 Å². The second-order valence-corrected chi connectivity index (χ2v) is 8.34. The second kappa shape index (κ2) is 4.22. The summed E-state index contributed by atoms with van der Waals surface area (Å²) in [7, 11) is 0. The van der Waals surface area contributed by atoms with Gasteiger partial charge in [0.1, 0.15) is 0 Å². The summed E-state index contributed by atoms with van der Waals surface area (Å²) in [6.45, 7) is 4.97. The predicted octanol–water partition coefficient (Wildman–Crippen LogP) is 4.48. The third kappa shape index (κ3) is 1.65. The zero-order valence-corrected chi connectivity index (χ0v) is 12.9. The van der Waals surface area contributed by atoms with Crippen molar-refractivity contribution in [3.8, 4) is 0 Å². The Morgan fingerprint density at radius 3 is 2.90 bits per heavy atom. The second-order valence-electron chi connectivity index (χ2n) is 8.34. The smallest absolute Gasteiger partial charge is 0.0724 e. The van der Waals surface area contributed by atoms with Crippen LogP contribution in [0.1, 0.15) is 58.8 Å². The van der Waals surface area contributed by atoms with Crippen LogP contribution in [-0.4, -0.2) is 11.2 Å². The largest absolute Gasteiger partial charge is 0.389 e. The van der Waals surface area contributed by atoms with Crippen LogP contribution in [0.25, 0.3) is 0 Å². The highest BCUT2D eigenvalue weighted by atomic mass is 16.3. The highest BCUT2D eigenvalue weighted by molar-refractivity contribution is 5.33. The summed E-state index contributed by atoms with van der Waals surface area (Å²) in [6, 6.07) is 0. The summed E-state index contributed by atoms with van der Waals surface area (Å²) in [5.74, 6) is 2.42. The molecule has 0 aliphatic heterocycles. The molecule has 0 aromatic rings. The van der Waals surface area contributed by atoms with Crippen molar-refractivity contribution in [1.82, 2.24) is 0 Å². The summed E-state index contributed by atoms with van der Waals surface area (Å²) >= 11 is 0. The average Bonchev–Trinajstić information content (AvgIpc) is 2.81. The van der Waals surface area contributed by atoms with Crippen LogP contribution in [0.3, 0.4) is 0 Å². The van der Waals surface area contributed by atoms with E-state index >= 15 is 0 Å². The number of aliphatic hydroxyl groups is 1. The number of fused-ring (bicyclic) bond motifs is 5. The number of allylic oxidation sites excluding steroid dienone is 3. The van der Waals surface area contributed by atoms with E-state index in [9.17, 15) is 5.11 Å². The standard InChI is InChI=1S/C19H28O/c1-18-9-3-4-16(18)15-6-5-13-12-14(20)7-11-19(13,2)17(15)8-10-18/h7-8,11,13-16,20H,3-6,9-10,12H2,1-2H3/t13-,14?,15+,16+,18+,19+/m1/s1. The predicted molar refractivity (Wildman–Crippen MR) is 82.2 cm³/mol. The van der Waals surface area contributed by atoms with Crippen LogP contribution < -0.4 is 0 Å². The fraction of sp³-hybridized carbons (Fsp3) is 0.789. The van der Waals surface area contributed by atoms with E-state index in [0.717, 1.165) is 18.3 Å². The Kier molecular flexibility index (Phi) is 2.77. The molecule has 110 valence electrons. The fourth-order valence-electron chi connectivity index (χ4n) is 6.08. The molecule has 4 rings (SSSR count). The molecule has 4 aliphatic rings. The normalized spacial score (nSPS) is 53.9. The first kappa shape index (κ1) is 13.1. The van der Waals surface area contributed by atoms with Gasteiger partial charge in [0.2, 0.25) is 0 Å². The Morgan fingerprint density at radius 2 is 2.05 bits per heavy atom. The van der Waals surface area contributed by atoms with E-state index in [1.54, 1.807) is 5.57 Å². The zero-order valence-electron chi connectivity index (χ0n) is 12.9. The highest BCUT2D eigenvalue weighted by Gasteiger charge is 2.53. The molecule has 0 amide bonds. The Balaban J connectivity index is 1.74. The van der Waals surface area contributed by atoms with Gasteiger partial charge < -0.3 is 5.11 Å². The summed E-state index contributed by atoms with van der Waals surface area (Å²) in [5.41, 5.74) is 2.57. The van der Waals surface area contributed by atoms with Crippen molar-refractivity contribution >= 4 is 0 Å². The first-order valence-electron chi connectivity index (χ1n) is 8.61. The topological polar surface area (TPSA) is 20.2 Å². The quantitative estimate of drug-likeness (QED) is 0.645. The van der Waals surface area contributed by atoms with Gasteiger partial charge in [-0.25, -0.2) is 0 Å². The molecule has 2 saturated carbocycles. The minimum Gasteiger partial charge on any atom is -0.389 e.